The van der Waals surface area contributed by atoms with Gasteiger partial charge in [0.25, 0.3) is 5.91 Å². The number of hydrogen-bond donors (Lipinski definition) is 3. The fourth-order valence-corrected chi connectivity index (χ4v) is 4.50. The highest BCUT2D eigenvalue weighted by atomic mass is 32.2. The van der Waals surface area contributed by atoms with Gasteiger partial charge in [-0.1, -0.05) is 35.9 Å². The highest BCUT2D eigenvalue weighted by molar-refractivity contribution is 7.88. The Bertz CT molecular complexity index is 1600. The SMILES string of the molecule is Cc1ccc(NC(=O)c2n[nH]c3ccc(-c4cc5ccccc5o4)cc23)c(CS(N)(=O)=O)c1. The smallest absolute Gasteiger partial charge is 0.276 e. The summed E-state index contributed by atoms with van der Waals surface area (Å²) >= 11 is 0. The van der Waals surface area contributed by atoms with Crippen LogP contribution in [0.15, 0.2) is 71.1 Å². The number of hydrogen-bond acceptors (Lipinski definition) is 5. The number of aromatic nitrogens is 2. The number of furan rings is 1. The van der Waals surface area contributed by atoms with E-state index in [1.54, 1.807) is 18.2 Å². The molecule has 0 atom stereocenters. The van der Waals surface area contributed by atoms with Gasteiger partial charge in [0.2, 0.25) is 10.0 Å². The monoisotopic (exact) mass is 460 g/mol. The third kappa shape index (κ3) is 4.23. The van der Waals surface area contributed by atoms with Crippen LogP contribution in [0.4, 0.5) is 5.69 Å². The van der Waals surface area contributed by atoms with E-state index in [4.69, 9.17) is 9.56 Å². The van der Waals surface area contributed by atoms with Crippen LogP contribution < -0.4 is 10.5 Å². The zero-order valence-corrected chi connectivity index (χ0v) is 18.4. The number of amides is 1. The molecule has 166 valence electrons. The van der Waals surface area contributed by atoms with Gasteiger partial charge in [0.05, 0.1) is 11.3 Å². The molecule has 0 aliphatic rings. The number of primary sulfonamides is 1. The lowest BCUT2D eigenvalue weighted by Gasteiger charge is -2.11. The van der Waals surface area contributed by atoms with Gasteiger partial charge in [-0.3, -0.25) is 9.89 Å². The van der Waals surface area contributed by atoms with Crippen LogP contribution in [-0.4, -0.2) is 24.5 Å². The van der Waals surface area contributed by atoms with Crippen molar-refractivity contribution in [2.75, 3.05) is 5.32 Å². The van der Waals surface area contributed by atoms with Gasteiger partial charge in [-0.05, 0) is 48.9 Å². The third-order valence-corrected chi connectivity index (χ3v) is 6.07. The second kappa shape index (κ2) is 7.88. The molecule has 4 N–H and O–H groups in total. The Morgan fingerprint density at radius 2 is 1.91 bits per heavy atom. The first kappa shape index (κ1) is 20.9. The molecule has 0 radical (unpaired) electrons. The summed E-state index contributed by atoms with van der Waals surface area (Å²) in [6, 6.07) is 20.4. The van der Waals surface area contributed by atoms with Crippen LogP contribution in [0.5, 0.6) is 0 Å². The van der Waals surface area contributed by atoms with Gasteiger partial charge in [-0.15, -0.1) is 0 Å². The largest absolute Gasteiger partial charge is 0.456 e. The summed E-state index contributed by atoms with van der Waals surface area (Å²) in [5, 5.41) is 16.6. The molecule has 0 bridgehead atoms. The van der Waals surface area contributed by atoms with Gasteiger partial charge in [-0.2, -0.15) is 5.10 Å². The summed E-state index contributed by atoms with van der Waals surface area (Å²) in [6.07, 6.45) is 0. The van der Waals surface area contributed by atoms with Crippen molar-refractivity contribution in [3.63, 3.8) is 0 Å². The lowest BCUT2D eigenvalue weighted by Crippen LogP contribution is -2.18. The van der Waals surface area contributed by atoms with Crippen LogP contribution in [0, 0.1) is 6.92 Å². The molecule has 0 fully saturated rings. The number of nitrogens with zero attached hydrogens (tertiary/aromatic N) is 1. The van der Waals surface area contributed by atoms with Gasteiger partial charge >= 0.3 is 0 Å². The van der Waals surface area contributed by atoms with Crippen LogP contribution in [0.25, 0.3) is 33.2 Å². The van der Waals surface area contributed by atoms with Crippen LogP contribution in [0.2, 0.25) is 0 Å². The van der Waals surface area contributed by atoms with Crippen molar-refractivity contribution in [1.29, 1.82) is 0 Å². The normalized spacial score (nSPS) is 11.8. The second-order valence-corrected chi connectivity index (χ2v) is 9.52. The highest BCUT2D eigenvalue weighted by Crippen LogP contribution is 2.31. The average Bonchev–Trinajstić information content (AvgIpc) is 3.38. The van der Waals surface area contributed by atoms with E-state index in [2.05, 4.69) is 15.5 Å². The Kier molecular flexibility index (Phi) is 4.99. The third-order valence-electron chi connectivity index (χ3n) is 5.35. The first-order valence-electron chi connectivity index (χ1n) is 10.2. The zero-order chi connectivity index (χ0) is 23.2. The van der Waals surface area contributed by atoms with Crippen molar-refractivity contribution in [1.82, 2.24) is 10.2 Å². The van der Waals surface area contributed by atoms with E-state index in [0.717, 1.165) is 22.1 Å². The summed E-state index contributed by atoms with van der Waals surface area (Å²) in [4.78, 5) is 13.1. The molecule has 0 aliphatic heterocycles. The van der Waals surface area contributed by atoms with Gasteiger partial charge in [0, 0.05) is 22.0 Å². The van der Waals surface area contributed by atoms with E-state index in [9.17, 15) is 13.2 Å². The summed E-state index contributed by atoms with van der Waals surface area (Å²) in [5.74, 6) is -0.177. The number of aryl methyl sites for hydroxylation is 1. The Labute approximate surface area is 189 Å². The number of fused-ring (bicyclic) bond motifs is 2. The van der Waals surface area contributed by atoms with Crippen molar-refractivity contribution in [2.45, 2.75) is 12.7 Å². The number of para-hydroxylation sites is 1. The Morgan fingerprint density at radius 3 is 2.70 bits per heavy atom. The Morgan fingerprint density at radius 1 is 1.09 bits per heavy atom. The quantitative estimate of drug-likeness (QED) is 0.359. The minimum absolute atomic E-state index is 0.185. The van der Waals surface area contributed by atoms with Crippen molar-refractivity contribution >= 4 is 43.5 Å². The molecule has 8 nitrogen and oxygen atoms in total. The number of sulfonamides is 1. The van der Waals surface area contributed by atoms with Crippen molar-refractivity contribution in [2.24, 2.45) is 5.14 Å². The highest BCUT2D eigenvalue weighted by Gasteiger charge is 2.18. The molecule has 9 heteroatoms. The van der Waals surface area contributed by atoms with Gasteiger partial charge in [0.1, 0.15) is 11.3 Å². The van der Waals surface area contributed by atoms with E-state index in [0.29, 0.717) is 27.9 Å². The predicted molar refractivity (Wildman–Crippen MR) is 127 cm³/mol. The maximum Gasteiger partial charge on any atom is 0.276 e. The standard InChI is InChI=1S/C24H20N4O4S/c1-14-6-8-19(17(10-14)13-33(25,30)31)26-24(29)23-18-11-16(7-9-20(18)27-28-23)22-12-15-4-2-3-5-21(15)32-22/h2-12H,13H2,1H3,(H,26,29)(H,27,28)(H2,25,30,31). The maximum absolute atomic E-state index is 13.1. The van der Waals surface area contributed by atoms with Crippen molar-refractivity contribution in [3.05, 3.63) is 83.6 Å². The van der Waals surface area contributed by atoms with Crippen molar-refractivity contribution in [3.8, 4) is 11.3 Å². The van der Waals surface area contributed by atoms with E-state index in [-0.39, 0.29) is 11.4 Å². The molecule has 0 spiro atoms. The first-order valence-corrected chi connectivity index (χ1v) is 11.9. The van der Waals surface area contributed by atoms with Crippen LogP contribution in [0.3, 0.4) is 0 Å². The molecule has 33 heavy (non-hydrogen) atoms. The molecule has 2 heterocycles. The van der Waals surface area contributed by atoms with E-state index in [1.165, 1.54) is 0 Å². The number of nitrogens with two attached hydrogens (primary N) is 1. The Balaban J connectivity index is 1.50. The fourth-order valence-electron chi connectivity index (χ4n) is 3.83. The molecule has 0 saturated carbocycles. The summed E-state index contributed by atoms with van der Waals surface area (Å²) in [7, 11) is -3.77. The van der Waals surface area contributed by atoms with Crippen molar-refractivity contribution < 1.29 is 17.6 Å². The van der Waals surface area contributed by atoms with Crippen LogP contribution >= 0.6 is 0 Å². The first-order chi connectivity index (χ1) is 15.8. The summed E-state index contributed by atoms with van der Waals surface area (Å²) in [5.41, 5.74) is 4.09. The van der Waals surface area contributed by atoms with Gasteiger partial charge in [0.15, 0.2) is 5.69 Å². The molecule has 0 saturated heterocycles. The lowest BCUT2D eigenvalue weighted by atomic mass is 10.1. The topological polar surface area (TPSA) is 131 Å². The molecule has 3 aromatic carbocycles. The number of rotatable bonds is 5. The number of benzene rings is 3. The minimum Gasteiger partial charge on any atom is -0.456 e. The zero-order valence-electron chi connectivity index (χ0n) is 17.6. The number of aromatic amines is 1. The lowest BCUT2D eigenvalue weighted by molar-refractivity contribution is 0.102. The average molecular weight is 461 g/mol. The number of carbonyl (C=O) groups excluding carboxylic acids is 1. The number of carbonyl (C=O) groups is 1. The molecule has 0 aliphatic carbocycles. The fraction of sp³-hybridized carbons (Fsp3) is 0.0833. The van der Waals surface area contributed by atoms with Crippen LogP contribution in [0.1, 0.15) is 21.6 Å². The summed E-state index contributed by atoms with van der Waals surface area (Å²) in [6.45, 7) is 1.83. The minimum atomic E-state index is -3.77. The van der Waals surface area contributed by atoms with E-state index in [1.807, 2.05) is 55.5 Å². The van der Waals surface area contributed by atoms with Gasteiger partial charge < -0.3 is 9.73 Å². The second-order valence-electron chi connectivity index (χ2n) is 7.90. The summed E-state index contributed by atoms with van der Waals surface area (Å²) < 4.78 is 29.2. The predicted octanol–water partition coefficient (Wildman–Crippen LogP) is 4.33. The Hall–Kier alpha value is -3.95. The molecule has 5 aromatic rings. The number of anilines is 1. The van der Waals surface area contributed by atoms with E-state index < -0.39 is 15.9 Å². The molecular formula is C24H20N4O4S. The molecule has 5 rings (SSSR count). The molecular weight excluding hydrogens is 440 g/mol. The van der Waals surface area contributed by atoms with Crippen LogP contribution in [-0.2, 0) is 15.8 Å². The number of H-pyrrole nitrogens is 1. The number of nitrogens with one attached hydrogen (secondary N) is 2. The molecule has 2 aromatic heterocycles. The maximum atomic E-state index is 13.1. The van der Waals surface area contributed by atoms with E-state index >= 15 is 0 Å². The molecule has 0 unspecified atom stereocenters. The van der Waals surface area contributed by atoms with Gasteiger partial charge in [-0.25, -0.2) is 13.6 Å². The molecule has 1 amide bonds.